The lowest BCUT2D eigenvalue weighted by molar-refractivity contribution is 0.0830. The van der Waals surface area contributed by atoms with Crippen molar-refractivity contribution in [1.29, 1.82) is 0 Å². The van der Waals surface area contributed by atoms with Crippen LogP contribution < -0.4 is 14.8 Å². The molecule has 1 heterocycles. The van der Waals surface area contributed by atoms with Crippen LogP contribution in [0.3, 0.4) is 0 Å². The van der Waals surface area contributed by atoms with E-state index in [0.29, 0.717) is 5.75 Å². The van der Waals surface area contributed by atoms with Crippen LogP contribution >= 0.6 is 0 Å². The molecule has 3 aromatic carbocycles. The van der Waals surface area contributed by atoms with E-state index in [2.05, 4.69) is 5.32 Å². The standard InChI is InChI=1S/C29H34FN3O6S/c1-19-16-33(20(2)18-34)40(36,37)28-14-11-22(21-9-12-23(38-4)13-10-21)15-26(28)39-27(19)17-32(3)29(35)31-25-8-6-5-7-24(25)30/h5-15,19-20,27,34H,16-18H2,1-4H3,(H,31,35)/t19-,20-,27-/m1/s1. The number of ether oxygens (including phenoxy) is 2. The molecule has 0 aliphatic carbocycles. The molecular weight excluding hydrogens is 537 g/mol. The first-order valence-electron chi connectivity index (χ1n) is 12.9. The van der Waals surface area contributed by atoms with Crippen LogP contribution in [0.5, 0.6) is 11.5 Å². The van der Waals surface area contributed by atoms with Gasteiger partial charge in [0.2, 0.25) is 10.0 Å². The maximum atomic E-state index is 14.1. The summed E-state index contributed by atoms with van der Waals surface area (Å²) in [4.78, 5) is 14.2. The molecule has 0 fully saturated rings. The lowest BCUT2D eigenvalue weighted by Crippen LogP contribution is -2.50. The molecule has 2 amide bonds. The number of sulfonamides is 1. The van der Waals surface area contributed by atoms with Gasteiger partial charge in [0.15, 0.2) is 0 Å². The molecule has 3 atom stereocenters. The zero-order valence-electron chi connectivity index (χ0n) is 22.9. The quantitative estimate of drug-likeness (QED) is 0.434. The number of fused-ring (bicyclic) bond motifs is 1. The summed E-state index contributed by atoms with van der Waals surface area (Å²) in [6, 6.07) is 16.9. The summed E-state index contributed by atoms with van der Waals surface area (Å²) in [5.74, 6) is -0.0973. The molecule has 0 aromatic heterocycles. The summed E-state index contributed by atoms with van der Waals surface area (Å²) in [7, 11) is -0.880. The van der Waals surface area contributed by atoms with Crippen molar-refractivity contribution in [1.82, 2.24) is 9.21 Å². The van der Waals surface area contributed by atoms with Crippen molar-refractivity contribution in [3.8, 4) is 22.6 Å². The molecule has 0 unspecified atom stereocenters. The number of methoxy groups -OCH3 is 1. The second-order valence-electron chi connectivity index (χ2n) is 9.92. The fraction of sp³-hybridized carbons (Fsp3) is 0.345. The molecule has 0 saturated carbocycles. The number of nitrogens with one attached hydrogen (secondary N) is 1. The van der Waals surface area contributed by atoms with E-state index < -0.39 is 34.0 Å². The highest BCUT2D eigenvalue weighted by molar-refractivity contribution is 7.89. The van der Waals surface area contributed by atoms with Gasteiger partial charge in [-0.3, -0.25) is 0 Å². The van der Waals surface area contributed by atoms with Crippen LogP contribution in [0.4, 0.5) is 14.9 Å². The van der Waals surface area contributed by atoms with Crippen LogP contribution in [0.1, 0.15) is 13.8 Å². The number of anilines is 1. The van der Waals surface area contributed by atoms with E-state index in [-0.39, 0.29) is 41.9 Å². The first kappa shape index (κ1) is 29.3. The Kier molecular flexibility index (Phi) is 8.97. The van der Waals surface area contributed by atoms with Crippen molar-refractivity contribution in [3.05, 3.63) is 72.5 Å². The second kappa shape index (κ2) is 12.2. The number of aliphatic hydroxyl groups excluding tert-OH is 1. The molecule has 9 nitrogen and oxygen atoms in total. The summed E-state index contributed by atoms with van der Waals surface area (Å²) in [6.07, 6.45) is -0.620. The summed E-state index contributed by atoms with van der Waals surface area (Å²) in [5, 5.41) is 12.4. The predicted octanol–water partition coefficient (Wildman–Crippen LogP) is 4.43. The minimum atomic E-state index is -4.02. The van der Waals surface area contributed by atoms with E-state index in [4.69, 9.17) is 9.47 Å². The van der Waals surface area contributed by atoms with Crippen molar-refractivity contribution in [2.45, 2.75) is 30.9 Å². The van der Waals surface area contributed by atoms with Crippen molar-refractivity contribution >= 4 is 21.7 Å². The Hall–Kier alpha value is -3.67. The van der Waals surface area contributed by atoms with E-state index in [1.165, 1.54) is 33.5 Å². The number of nitrogens with zero attached hydrogens (tertiary/aromatic N) is 2. The third kappa shape index (κ3) is 6.22. The maximum Gasteiger partial charge on any atom is 0.321 e. The van der Waals surface area contributed by atoms with Crippen LogP contribution in [0.15, 0.2) is 71.6 Å². The molecule has 4 rings (SSSR count). The Morgan fingerprint density at radius 2 is 1.85 bits per heavy atom. The van der Waals surface area contributed by atoms with Gasteiger partial charge >= 0.3 is 6.03 Å². The van der Waals surface area contributed by atoms with Crippen LogP contribution in [-0.4, -0.2) is 74.8 Å². The molecule has 0 saturated heterocycles. The summed E-state index contributed by atoms with van der Waals surface area (Å²) < 4.78 is 54.4. The number of para-hydroxylation sites is 1. The average Bonchev–Trinajstić information content (AvgIpc) is 2.95. The highest BCUT2D eigenvalue weighted by Gasteiger charge is 2.38. The van der Waals surface area contributed by atoms with Crippen molar-refractivity contribution in [3.63, 3.8) is 0 Å². The monoisotopic (exact) mass is 571 g/mol. The topological polar surface area (TPSA) is 108 Å². The molecule has 3 aromatic rings. The Balaban J connectivity index is 1.69. The van der Waals surface area contributed by atoms with Gasteiger partial charge in [-0.2, -0.15) is 4.31 Å². The van der Waals surface area contributed by atoms with Gasteiger partial charge in [-0.15, -0.1) is 0 Å². The van der Waals surface area contributed by atoms with Crippen LogP contribution in [0, 0.1) is 11.7 Å². The van der Waals surface area contributed by atoms with Gasteiger partial charge in [0.05, 0.1) is 25.9 Å². The normalized spacial score (nSPS) is 19.4. The fourth-order valence-electron chi connectivity index (χ4n) is 4.53. The Labute approximate surface area is 234 Å². The molecule has 11 heteroatoms. The maximum absolute atomic E-state index is 14.1. The summed E-state index contributed by atoms with van der Waals surface area (Å²) in [5.41, 5.74) is 1.61. The van der Waals surface area contributed by atoms with Crippen molar-refractivity contribution in [2.75, 3.05) is 39.2 Å². The zero-order valence-corrected chi connectivity index (χ0v) is 23.7. The number of hydrogen-bond donors (Lipinski definition) is 2. The number of halogens is 1. The van der Waals surface area contributed by atoms with Gasteiger partial charge in [-0.05, 0) is 54.4 Å². The zero-order chi connectivity index (χ0) is 29.0. The minimum Gasteiger partial charge on any atom is -0.497 e. The molecule has 214 valence electrons. The molecule has 1 aliphatic rings. The number of carbonyl (C=O) groups excluding carboxylic acids is 1. The van der Waals surface area contributed by atoms with Gasteiger partial charge < -0.3 is 24.8 Å². The number of aliphatic hydroxyl groups is 1. The summed E-state index contributed by atoms with van der Waals surface area (Å²) in [6.45, 7) is 3.27. The van der Waals surface area contributed by atoms with Crippen LogP contribution in [0.25, 0.3) is 11.1 Å². The number of hydrogen-bond acceptors (Lipinski definition) is 6. The lowest BCUT2D eigenvalue weighted by Gasteiger charge is -2.37. The molecule has 0 bridgehead atoms. The van der Waals surface area contributed by atoms with Gasteiger partial charge in [0.25, 0.3) is 0 Å². The number of rotatable bonds is 7. The third-order valence-corrected chi connectivity index (χ3v) is 9.03. The summed E-state index contributed by atoms with van der Waals surface area (Å²) >= 11 is 0. The average molecular weight is 572 g/mol. The first-order chi connectivity index (χ1) is 19.0. The number of urea groups is 1. The van der Waals surface area contributed by atoms with E-state index in [0.717, 1.165) is 11.1 Å². The van der Waals surface area contributed by atoms with Gasteiger partial charge in [0, 0.05) is 25.6 Å². The number of likely N-dealkylation sites (N-methyl/N-ethyl adjacent to an activating group) is 1. The van der Waals surface area contributed by atoms with Gasteiger partial charge in [0.1, 0.15) is 28.3 Å². The van der Waals surface area contributed by atoms with Crippen molar-refractivity contribution in [2.24, 2.45) is 5.92 Å². The van der Waals surface area contributed by atoms with Crippen LogP contribution in [0.2, 0.25) is 0 Å². The number of benzene rings is 3. The third-order valence-electron chi connectivity index (χ3n) is 7.01. The predicted molar refractivity (Wildman–Crippen MR) is 150 cm³/mol. The number of carbonyl (C=O) groups is 1. The Morgan fingerprint density at radius 1 is 1.18 bits per heavy atom. The van der Waals surface area contributed by atoms with E-state index >= 15 is 0 Å². The van der Waals surface area contributed by atoms with Crippen LogP contribution in [-0.2, 0) is 10.0 Å². The fourth-order valence-corrected chi connectivity index (χ4v) is 6.36. The Morgan fingerprint density at radius 3 is 2.50 bits per heavy atom. The van der Waals surface area contributed by atoms with E-state index in [1.807, 2.05) is 31.2 Å². The van der Waals surface area contributed by atoms with E-state index in [1.54, 1.807) is 39.3 Å². The molecule has 1 aliphatic heterocycles. The molecule has 0 radical (unpaired) electrons. The highest BCUT2D eigenvalue weighted by atomic mass is 32.2. The largest absolute Gasteiger partial charge is 0.497 e. The minimum absolute atomic E-state index is 0.0274. The lowest BCUT2D eigenvalue weighted by atomic mass is 10.0. The van der Waals surface area contributed by atoms with Crippen molar-refractivity contribution < 1.29 is 32.2 Å². The Bertz CT molecular complexity index is 1450. The highest BCUT2D eigenvalue weighted by Crippen LogP contribution is 2.37. The molecule has 0 spiro atoms. The molecule has 40 heavy (non-hydrogen) atoms. The molecular formula is C29H34FN3O6S. The first-order valence-corrected chi connectivity index (χ1v) is 14.3. The SMILES string of the molecule is COc1ccc(-c2ccc3c(c2)O[C@H](CN(C)C(=O)Nc2ccccc2F)[C@H](C)CN([C@H](C)CO)S3(=O)=O)cc1. The molecule has 2 N–H and O–H groups in total. The second-order valence-corrected chi connectivity index (χ2v) is 11.8. The van der Waals surface area contributed by atoms with Gasteiger partial charge in [-0.1, -0.05) is 37.3 Å². The van der Waals surface area contributed by atoms with Gasteiger partial charge in [-0.25, -0.2) is 17.6 Å². The smallest absolute Gasteiger partial charge is 0.321 e. The number of amides is 2. The van der Waals surface area contributed by atoms with E-state index in [9.17, 15) is 22.7 Å².